The molecule has 0 bridgehead atoms. The van der Waals surface area contributed by atoms with Crippen LogP contribution in [0.25, 0.3) is 0 Å². The van der Waals surface area contributed by atoms with Gasteiger partial charge in [0.05, 0.1) is 36.0 Å². The zero-order valence-corrected chi connectivity index (χ0v) is 17.5. The topological polar surface area (TPSA) is 58.9 Å². The van der Waals surface area contributed by atoms with Crippen LogP contribution in [-0.4, -0.2) is 35.6 Å². The van der Waals surface area contributed by atoms with Crippen molar-refractivity contribution < 1.29 is 19.7 Å². The standard InChI is InChI=1S/C21H24BrClO4/c1-2-26-20-6-3-13(8-18(20)22)7-15-9-14(4-5-19(15)23)21-11-16(25)10-17(12-24)27-21/h3-6,8-9,16-17,21,24-25H,2,7,10-12H2,1H3/t16?,17?,21-/m0/s1. The predicted octanol–water partition coefficient (Wildman–Crippen LogP) is 4.67. The lowest BCUT2D eigenvalue weighted by Gasteiger charge is -2.32. The molecule has 1 heterocycles. The SMILES string of the molecule is CCOc1ccc(Cc2cc([C@@H]3CC(O)CC(CO)O3)ccc2Cl)cc1Br. The van der Waals surface area contributed by atoms with Crippen LogP contribution in [0.4, 0.5) is 0 Å². The third kappa shape index (κ3) is 5.24. The molecule has 146 valence electrons. The Balaban J connectivity index is 1.80. The Morgan fingerprint density at radius 1 is 1.22 bits per heavy atom. The van der Waals surface area contributed by atoms with Crippen molar-refractivity contribution in [1.82, 2.24) is 0 Å². The second-order valence-electron chi connectivity index (χ2n) is 6.78. The normalized spacial score (nSPS) is 22.6. The average Bonchev–Trinajstić information content (AvgIpc) is 2.65. The highest BCUT2D eigenvalue weighted by Crippen LogP contribution is 2.34. The first-order valence-electron chi connectivity index (χ1n) is 9.14. The van der Waals surface area contributed by atoms with Crippen LogP contribution in [0.2, 0.25) is 5.02 Å². The molecule has 1 saturated heterocycles. The predicted molar refractivity (Wildman–Crippen MR) is 110 cm³/mol. The summed E-state index contributed by atoms with van der Waals surface area (Å²) in [5, 5.41) is 20.1. The number of ether oxygens (including phenoxy) is 2. The summed E-state index contributed by atoms with van der Waals surface area (Å²) in [4.78, 5) is 0. The molecule has 2 aromatic carbocycles. The quantitative estimate of drug-likeness (QED) is 0.665. The number of hydrogen-bond acceptors (Lipinski definition) is 4. The Kier molecular flexibility index (Phi) is 7.17. The first kappa shape index (κ1) is 20.6. The van der Waals surface area contributed by atoms with Crippen LogP contribution in [-0.2, 0) is 11.2 Å². The summed E-state index contributed by atoms with van der Waals surface area (Å²) in [6.45, 7) is 2.49. The van der Waals surface area contributed by atoms with Gasteiger partial charge in [0.2, 0.25) is 0 Å². The lowest BCUT2D eigenvalue weighted by Crippen LogP contribution is -2.33. The molecule has 3 rings (SSSR count). The molecule has 0 radical (unpaired) electrons. The van der Waals surface area contributed by atoms with Crippen molar-refractivity contribution in [1.29, 1.82) is 0 Å². The van der Waals surface area contributed by atoms with Crippen molar-refractivity contribution in [3.05, 3.63) is 62.6 Å². The van der Waals surface area contributed by atoms with Crippen LogP contribution in [0, 0.1) is 0 Å². The van der Waals surface area contributed by atoms with E-state index in [4.69, 9.17) is 21.1 Å². The van der Waals surface area contributed by atoms with Gasteiger partial charge in [0, 0.05) is 17.9 Å². The Morgan fingerprint density at radius 2 is 2.04 bits per heavy atom. The molecule has 3 atom stereocenters. The second kappa shape index (κ2) is 9.39. The molecule has 2 unspecified atom stereocenters. The maximum atomic E-state index is 10.1. The third-order valence-corrected chi connectivity index (χ3v) is 5.70. The van der Waals surface area contributed by atoms with E-state index in [1.807, 2.05) is 43.3 Å². The van der Waals surface area contributed by atoms with Gasteiger partial charge in [-0.15, -0.1) is 0 Å². The van der Waals surface area contributed by atoms with Gasteiger partial charge in [0.15, 0.2) is 0 Å². The fourth-order valence-corrected chi connectivity index (χ4v) is 4.12. The zero-order chi connectivity index (χ0) is 19.4. The summed E-state index contributed by atoms with van der Waals surface area (Å²) in [7, 11) is 0. The van der Waals surface area contributed by atoms with Gasteiger partial charge >= 0.3 is 0 Å². The van der Waals surface area contributed by atoms with Gasteiger partial charge in [-0.1, -0.05) is 29.8 Å². The summed E-state index contributed by atoms with van der Waals surface area (Å²) >= 11 is 9.97. The number of aliphatic hydroxyl groups is 2. The Bertz CT molecular complexity index is 783. The number of benzene rings is 2. The molecule has 2 aromatic rings. The summed E-state index contributed by atoms with van der Waals surface area (Å²) in [5.41, 5.74) is 3.08. The van der Waals surface area contributed by atoms with Gasteiger partial charge in [-0.05, 0) is 64.2 Å². The van der Waals surface area contributed by atoms with E-state index >= 15 is 0 Å². The fourth-order valence-electron chi connectivity index (χ4n) is 3.40. The number of rotatable bonds is 6. The van der Waals surface area contributed by atoms with E-state index in [-0.39, 0.29) is 18.8 Å². The lowest BCUT2D eigenvalue weighted by atomic mass is 9.94. The van der Waals surface area contributed by atoms with Crippen molar-refractivity contribution in [3.63, 3.8) is 0 Å². The van der Waals surface area contributed by atoms with Gasteiger partial charge in [-0.3, -0.25) is 0 Å². The molecule has 1 fully saturated rings. The van der Waals surface area contributed by atoms with Gasteiger partial charge in [-0.25, -0.2) is 0 Å². The number of halogens is 2. The fraction of sp³-hybridized carbons (Fsp3) is 0.429. The maximum Gasteiger partial charge on any atom is 0.133 e. The molecule has 6 heteroatoms. The largest absolute Gasteiger partial charge is 0.493 e. The molecular formula is C21H24BrClO4. The molecule has 0 amide bonds. The van der Waals surface area contributed by atoms with E-state index in [0.717, 1.165) is 26.9 Å². The molecule has 4 nitrogen and oxygen atoms in total. The van der Waals surface area contributed by atoms with Crippen molar-refractivity contribution in [2.45, 2.75) is 44.5 Å². The minimum Gasteiger partial charge on any atom is -0.493 e. The minimum atomic E-state index is -0.470. The molecular weight excluding hydrogens is 432 g/mol. The van der Waals surface area contributed by atoms with Gasteiger partial charge in [0.25, 0.3) is 0 Å². The van der Waals surface area contributed by atoms with E-state index in [9.17, 15) is 10.2 Å². The molecule has 0 saturated carbocycles. The van der Waals surface area contributed by atoms with Crippen LogP contribution in [0.3, 0.4) is 0 Å². The van der Waals surface area contributed by atoms with Crippen molar-refractivity contribution >= 4 is 27.5 Å². The first-order valence-corrected chi connectivity index (χ1v) is 10.3. The molecule has 0 aromatic heterocycles. The summed E-state index contributed by atoms with van der Waals surface area (Å²) in [5.74, 6) is 0.820. The van der Waals surface area contributed by atoms with E-state index in [2.05, 4.69) is 15.9 Å². The minimum absolute atomic E-state index is 0.0891. The molecule has 27 heavy (non-hydrogen) atoms. The van der Waals surface area contributed by atoms with E-state index in [0.29, 0.717) is 30.9 Å². The van der Waals surface area contributed by atoms with Crippen LogP contribution in [0.5, 0.6) is 5.75 Å². The highest BCUT2D eigenvalue weighted by Gasteiger charge is 2.29. The average molecular weight is 456 g/mol. The first-order chi connectivity index (χ1) is 13.0. The van der Waals surface area contributed by atoms with E-state index in [1.54, 1.807) is 0 Å². The zero-order valence-electron chi connectivity index (χ0n) is 15.2. The van der Waals surface area contributed by atoms with Crippen LogP contribution < -0.4 is 4.74 Å². The molecule has 2 N–H and O–H groups in total. The van der Waals surface area contributed by atoms with Gasteiger partial charge < -0.3 is 19.7 Å². The summed E-state index contributed by atoms with van der Waals surface area (Å²) in [6, 6.07) is 11.8. The number of aliphatic hydroxyl groups excluding tert-OH is 2. The Morgan fingerprint density at radius 3 is 2.74 bits per heavy atom. The Hall–Kier alpha value is -1.11. The number of hydrogen-bond donors (Lipinski definition) is 2. The Labute approximate surface area is 173 Å². The molecule has 0 spiro atoms. The van der Waals surface area contributed by atoms with Gasteiger partial charge in [-0.2, -0.15) is 0 Å². The summed E-state index contributed by atoms with van der Waals surface area (Å²) < 4.78 is 12.4. The highest BCUT2D eigenvalue weighted by atomic mass is 79.9. The van der Waals surface area contributed by atoms with E-state index < -0.39 is 6.10 Å². The van der Waals surface area contributed by atoms with E-state index in [1.165, 1.54) is 0 Å². The lowest BCUT2D eigenvalue weighted by molar-refractivity contribution is -0.113. The molecule has 1 aliphatic heterocycles. The summed E-state index contributed by atoms with van der Waals surface area (Å²) in [6.07, 6.45) is 0.618. The second-order valence-corrected chi connectivity index (χ2v) is 8.04. The van der Waals surface area contributed by atoms with Crippen LogP contribution in [0.15, 0.2) is 40.9 Å². The van der Waals surface area contributed by atoms with Crippen molar-refractivity contribution in [2.75, 3.05) is 13.2 Å². The van der Waals surface area contributed by atoms with Crippen molar-refractivity contribution in [3.8, 4) is 5.75 Å². The monoisotopic (exact) mass is 454 g/mol. The highest BCUT2D eigenvalue weighted by molar-refractivity contribution is 9.10. The molecule has 1 aliphatic rings. The third-order valence-electron chi connectivity index (χ3n) is 4.71. The van der Waals surface area contributed by atoms with Crippen molar-refractivity contribution in [2.24, 2.45) is 0 Å². The maximum absolute atomic E-state index is 10.1. The van der Waals surface area contributed by atoms with Crippen LogP contribution in [0.1, 0.15) is 42.6 Å². The molecule has 0 aliphatic carbocycles. The van der Waals surface area contributed by atoms with Gasteiger partial charge in [0.1, 0.15) is 5.75 Å². The van der Waals surface area contributed by atoms with Crippen LogP contribution >= 0.6 is 27.5 Å². The smallest absolute Gasteiger partial charge is 0.133 e.